The fourth-order valence-corrected chi connectivity index (χ4v) is 1.78. The molecule has 0 aromatic rings. The highest BCUT2D eigenvalue weighted by Crippen LogP contribution is 2.09. The summed E-state index contributed by atoms with van der Waals surface area (Å²) in [5, 5.41) is 0. The van der Waals surface area contributed by atoms with E-state index >= 15 is 0 Å². The van der Waals surface area contributed by atoms with E-state index in [1.54, 1.807) is 0 Å². The second-order valence-corrected chi connectivity index (χ2v) is 4.48. The Kier molecular flexibility index (Phi) is 13.0. The summed E-state index contributed by atoms with van der Waals surface area (Å²) >= 11 is 0. The summed E-state index contributed by atoms with van der Waals surface area (Å²) in [6.45, 7) is 2.97. The highest BCUT2D eigenvalue weighted by molar-refractivity contribution is 5.65. The smallest absolute Gasteiger partial charge is 0.302 e. The van der Waals surface area contributed by atoms with Crippen molar-refractivity contribution in [1.82, 2.24) is 5.43 Å². The van der Waals surface area contributed by atoms with Crippen molar-refractivity contribution in [2.24, 2.45) is 5.84 Å². The van der Waals surface area contributed by atoms with Crippen molar-refractivity contribution in [3.05, 3.63) is 0 Å². The molecule has 0 amide bonds. The minimum absolute atomic E-state index is 0.169. The summed E-state index contributed by atoms with van der Waals surface area (Å²) in [7, 11) is 0. The van der Waals surface area contributed by atoms with Crippen LogP contribution in [0.15, 0.2) is 0 Å². The lowest BCUT2D eigenvalue weighted by Crippen LogP contribution is -2.22. The van der Waals surface area contributed by atoms with Gasteiger partial charge in [-0.15, -0.1) is 0 Å². The summed E-state index contributed by atoms with van der Waals surface area (Å²) in [5.41, 5.74) is 2.67. The van der Waals surface area contributed by atoms with E-state index in [2.05, 4.69) is 5.43 Å². The zero-order valence-corrected chi connectivity index (χ0v) is 11.2. The molecule has 0 radical (unpaired) electrons. The summed E-state index contributed by atoms with van der Waals surface area (Å²) in [5.74, 6) is 5.02. The minimum atomic E-state index is -0.169. The first-order chi connectivity index (χ1) is 8.27. The van der Waals surface area contributed by atoms with Crippen LogP contribution >= 0.6 is 0 Å². The van der Waals surface area contributed by atoms with Gasteiger partial charge in [-0.05, 0) is 12.8 Å². The van der Waals surface area contributed by atoms with Crippen LogP contribution in [0.5, 0.6) is 0 Å². The van der Waals surface area contributed by atoms with Crippen molar-refractivity contribution in [2.75, 3.05) is 13.2 Å². The van der Waals surface area contributed by atoms with Gasteiger partial charge in [0.1, 0.15) is 0 Å². The Morgan fingerprint density at radius 1 is 0.941 bits per heavy atom. The normalized spacial score (nSPS) is 10.5. The first kappa shape index (κ1) is 16.4. The van der Waals surface area contributed by atoms with Gasteiger partial charge in [0.15, 0.2) is 0 Å². The molecule has 0 saturated carbocycles. The molecule has 0 aromatic heterocycles. The Bertz CT molecular complexity index is 175. The van der Waals surface area contributed by atoms with E-state index in [1.807, 2.05) is 0 Å². The van der Waals surface area contributed by atoms with Crippen LogP contribution in [0.25, 0.3) is 0 Å². The number of hydrogen-bond acceptors (Lipinski definition) is 4. The Balaban J connectivity index is 2.91. The third-order valence-electron chi connectivity index (χ3n) is 2.77. The molecule has 0 bridgehead atoms. The van der Waals surface area contributed by atoms with Gasteiger partial charge in [0.25, 0.3) is 0 Å². The number of nitrogens with one attached hydrogen (secondary N) is 1. The molecule has 4 heteroatoms. The molecule has 0 heterocycles. The highest BCUT2D eigenvalue weighted by atomic mass is 16.5. The number of rotatable bonds is 12. The molecule has 0 aliphatic carbocycles. The van der Waals surface area contributed by atoms with E-state index in [1.165, 1.54) is 58.3 Å². The maximum atomic E-state index is 10.5. The van der Waals surface area contributed by atoms with Crippen LogP contribution < -0.4 is 11.3 Å². The summed E-state index contributed by atoms with van der Waals surface area (Å²) < 4.78 is 4.87. The number of carbonyl (C=O) groups is 1. The van der Waals surface area contributed by atoms with Gasteiger partial charge < -0.3 is 4.74 Å². The Morgan fingerprint density at radius 2 is 1.41 bits per heavy atom. The number of carbonyl (C=O) groups excluding carboxylic acids is 1. The number of nitrogens with two attached hydrogens (primary N) is 1. The Morgan fingerprint density at radius 3 is 1.88 bits per heavy atom. The molecule has 0 aromatic carbocycles. The molecule has 4 nitrogen and oxygen atoms in total. The lowest BCUT2D eigenvalue weighted by molar-refractivity contribution is -0.141. The van der Waals surface area contributed by atoms with E-state index in [4.69, 9.17) is 10.6 Å². The summed E-state index contributed by atoms with van der Waals surface area (Å²) in [6, 6.07) is 0. The molecule has 0 spiro atoms. The van der Waals surface area contributed by atoms with Gasteiger partial charge >= 0.3 is 5.97 Å². The maximum Gasteiger partial charge on any atom is 0.302 e. The van der Waals surface area contributed by atoms with Crippen LogP contribution in [0.4, 0.5) is 0 Å². The van der Waals surface area contributed by atoms with Gasteiger partial charge in [-0.1, -0.05) is 44.9 Å². The van der Waals surface area contributed by atoms with Gasteiger partial charge in [0.05, 0.1) is 6.61 Å². The third-order valence-corrected chi connectivity index (χ3v) is 2.77. The molecule has 0 saturated heterocycles. The minimum Gasteiger partial charge on any atom is -0.466 e. The van der Waals surface area contributed by atoms with E-state index in [-0.39, 0.29) is 5.97 Å². The van der Waals surface area contributed by atoms with Gasteiger partial charge in [0.2, 0.25) is 0 Å². The van der Waals surface area contributed by atoms with Crippen LogP contribution in [0.1, 0.15) is 64.7 Å². The molecule has 102 valence electrons. The molecule has 0 aliphatic heterocycles. The molecule has 0 aliphatic rings. The molecule has 0 rings (SSSR count). The van der Waals surface area contributed by atoms with Crippen molar-refractivity contribution >= 4 is 5.97 Å². The maximum absolute atomic E-state index is 10.5. The van der Waals surface area contributed by atoms with E-state index in [0.717, 1.165) is 13.0 Å². The van der Waals surface area contributed by atoms with Crippen LogP contribution in [0.2, 0.25) is 0 Å². The fraction of sp³-hybridized carbons (Fsp3) is 0.923. The second-order valence-electron chi connectivity index (χ2n) is 4.48. The number of unbranched alkanes of at least 4 members (excludes halogenated alkanes) is 8. The zero-order valence-electron chi connectivity index (χ0n) is 11.2. The largest absolute Gasteiger partial charge is 0.466 e. The summed E-state index contributed by atoms with van der Waals surface area (Å²) in [6.07, 6.45) is 11.1. The molecule has 17 heavy (non-hydrogen) atoms. The van der Waals surface area contributed by atoms with Gasteiger partial charge in [-0.2, -0.15) is 0 Å². The monoisotopic (exact) mass is 244 g/mol. The third kappa shape index (κ3) is 15.4. The van der Waals surface area contributed by atoms with E-state index in [0.29, 0.717) is 6.61 Å². The first-order valence-corrected chi connectivity index (χ1v) is 6.84. The van der Waals surface area contributed by atoms with Gasteiger partial charge in [-0.25, -0.2) is 0 Å². The second kappa shape index (κ2) is 13.5. The highest BCUT2D eigenvalue weighted by Gasteiger charge is 1.94. The molecule has 0 unspecified atom stereocenters. The Hall–Kier alpha value is -0.610. The van der Waals surface area contributed by atoms with Crippen LogP contribution in [0, 0.1) is 0 Å². The lowest BCUT2D eigenvalue weighted by Gasteiger charge is -2.03. The topological polar surface area (TPSA) is 64.3 Å². The first-order valence-electron chi connectivity index (χ1n) is 6.84. The van der Waals surface area contributed by atoms with Crippen LogP contribution in [0.3, 0.4) is 0 Å². The average Bonchev–Trinajstić information content (AvgIpc) is 2.30. The Labute approximate surface area is 105 Å². The standard InChI is InChI=1S/C13H28N2O2/c1-13(16)17-12-10-8-6-4-2-3-5-7-9-11-15-14/h15H,2-12,14H2,1H3. The quantitative estimate of drug-likeness (QED) is 0.240. The predicted octanol–water partition coefficient (Wildman–Crippen LogP) is 2.52. The van der Waals surface area contributed by atoms with Crippen molar-refractivity contribution in [3.8, 4) is 0 Å². The molecular weight excluding hydrogens is 216 g/mol. The van der Waals surface area contributed by atoms with Crippen molar-refractivity contribution in [2.45, 2.75) is 64.7 Å². The predicted molar refractivity (Wildman–Crippen MR) is 70.4 cm³/mol. The van der Waals surface area contributed by atoms with Crippen LogP contribution in [-0.4, -0.2) is 19.1 Å². The van der Waals surface area contributed by atoms with Crippen LogP contribution in [-0.2, 0) is 9.53 Å². The van der Waals surface area contributed by atoms with E-state index < -0.39 is 0 Å². The number of hydrogen-bond donors (Lipinski definition) is 2. The van der Waals surface area contributed by atoms with Gasteiger partial charge in [0, 0.05) is 13.5 Å². The average molecular weight is 244 g/mol. The molecule has 3 N–H and O–H groups in total. The number of ether oxygens (including phenoxy) is 1. The fourth-order valence-electron chi connectivity index (χ4n) is 1.78. The molecule has 0 atom stereocenters. The SMILES string of the molecule is CC(=O)OCCCCCCCCCCCNN. The zero-order chi connectivity index (χ0) is 12.8. The lowest BCUT2D eigenvalue weighted by atomic mass is 10.1. The van der Waals surface area contributed by atoms with Gasteiger partial charge in [-0.3, -0.25) is 16.1 Å². The van der Waals surface area contributed by atoms with E-state index in [9.17, 15) is 4.79 Å². The number of esters is 1. The molecular formula is C13H28N2O2. The molecule has 0 fully saturated rings. The van der Waals surface area contributed by atoms with Crippen molar-refractivity contribution in [1.29, 1.82) is 0 Å². The summed E-state index contributed by atoms with van der Waals surface area (Å²) in [4.78, 5) is 10.5. The van der Waals surface area contributed by atoms with Crippen molar-refractivity contribution < 1.29 is 9.53 Å². The number of hydrazine groups is 1. The van der Waals surface area contributed by atoms with Crippen molar-refractivity contribution in [3.63, 3.8) is 0 Å².